The highest BCUT2D eigenvalue weighted by Gasteiger charge is 2.52. The molecule has 0 bridgehead atoms. The lowest BCUT2D eigenvalue weighted by atomic mass is 9.51. The second-order valence-corrected chi connectivity index (χ2v) is 10.3. The zero-order valence-electron chi connectivity index (χ0n) is 18.9. The molecule has 1 N–H and O–H groups in total. The van der Waals surface area contributed by atoms with Gasteiger partial charge in [-0.25, -0.2) is 0 Å². The van der Waals surface area contributed by atoms with Crippen LogP contribution in [0.5, 0.6) is 0 Å². The normalized spacial score (nSPS) is 21.5. The molecule has 1 aliphatic carbocycles. The number of carbonyl (C=O) groups is 1. The van der Waals surface area contributed by atoms with Crippen molar-refractivity contribution in [1.82, 2.24) is 5.32 Å². The lowest BCUT2D eigenvalue weighted by Gasteiger charge is -2.53. The van der Waals surface area contributed by atoms with Crippen molar-refractivity contribution in [3.8, 4) is 0 Å². The first-order valence-corrected chi connectivity index (χ1v) is 10.8. The Kier molecular flexibility index (Phi) is 6.81. The fraction of sp³-hybridized carbons (Fsp3) is 0.720. The molecular formula is C25H41NO. The van der Waals surface area contributed by atoms with E-state index in [0.29, 0.717) is 11.8 Å². The first kappa shape index (κ1) is 22.0. The summed E-state index contributed by atoms with van der Waals surface area (Å²) in [5, 5.41) is 3.30. The Morgan fingerprint density at radius 3 is 2.26 bits per heavy atom. The van der Waals surface area contributed by atoms with Crippen LogP contribution in [0.15, 0.2) is 18.2 Å². The van der Waals surface area contributed by atoms with Crippen LogP contribution in [0.25, 0.3) is 0 Å². The molecule has 2 heteroatoms. The summed E-state index contributed by atoms with van der Waals surface area (Å²) < 4.78 is 0. The summed E-state index contributed by atoms with van der Waals surface area (Å²) in [4.78, 5) is 13.3. The van der Waals surface area contributed by atoms with E-state index in [9.17, 15) is 4.79 Å². The van der Waals surface area contributed by atoms with Crippen molar-refractivity contribution in [1.29, 1.82) is 0 Å². The molecule has 0 heterocycles. The second-order valence-electron chi connectivity index (χ2n) is 10.3. The van der Waals surface area contributed by atoms with Gasteiger partial charge in [-0.3, -0.25) is 4.79 Å². The topological polar surface area (TPSA) is 29.1 Å². The second kappa shape index (κ2) is 8.37. The molecule has 0 saturated heterocycles. The smallest absolute Gasteiger partial charge is 0.223 e. The van der Waals surface area contributed by atoms with E-state index in [0.717, 1.165) is 25.8 Å². The van der Waals surface area contributed by atoms with E-state index >= 15 is 0 Å². The number of amides is 1. The number of nitrogens with one attached hydrogen (secondary N) is 1. The van der Waals surface area contributed by atoms with Crippen LogP contribution in [0.4, 0.5) is 0 Å². The third-order valence-electron chi connectivity index (χ3n) is 7.39. The molecule has 1 amide bonds. The molecule has 27 heavy (non-hydrogen) atoms. The van der Waals surface area contributed by atoms with Crippen LogP contribution in [-0.4, -0.2) is 12.5 Å². The van der Waals surface area contributed by atoms with Gasteiger partial charge >= 0.3 is 0 Å². The Bertz CT molecular complexity index is 648. The van der Waals surface area contributed by atoms with Crippen molar-refractivity contribution in [3.05, 3.63) is 34.9 Å². The van der Waals surface area contributed by atoms with Crippen molar-refractivity contribution in [2.45, 2.75) is 81.1 Å². The number of hydrogen-bond donors (Lipinski definition) is 1. The van der Waals surface area contributed by atoms with Gasteiger partial charge in [0.05, 0.1) is 0 Å². The number of carbonyl (C=O) groups excluding carboxylic acids is 1. The fourth-order valence-electron chi connectivity index (χ4n) is 5.37. The van der Waals surface area contributed by atoms with Crippen LogP contribution < -0.4 is 5.32 Å². The predicted octanol–water partition coefficient (Wildman–Crippen LogP) is 6.09. The minimum atomic E-state index is 0.111. The Labute approximate surface area is 167 Å². The zero-order chi connectivity index (χ0) is 20.4. The van der Waals surface area contributed by atoms with Crippen LogP contribution in [0.1, 0.15) is 77.5 Å². The molecule has 1 saturated carbocycles. The van der Waals surface area contributed by atoms with Crippen LogP contribution in [0, 0.1) is 42.4 Å². The van der Waals surface area contributed by atoms with Gasteiger partial charge in [-0.15, -0.1) is 0 Å². The minimum absolute atomic E-state index is 0.111. The van der Waals surface area contributed by atoms with Crippen molar-refractivity contribution >= 4 is 5.91 Å². The SMILES string of the molecule is Cc1ccc(CCNC(=O)C2CC(C)(C)CCC2(C(C)C)C(C)C)cc1C. The molecule has 152 valence electrons. The molecule has 0 radical (unpaired) electrons. The summed E-state index contributed by atoms with van der Waals surface area (Å²) in [5.74, 6) is 1.42. The zero-order valence-corrected chi connectivity index (χ0v) is 18.9. The standard InChI is InChI=1S/C25H41NO/c1-17(2)25(18(3)4)13-12-24(7,8)16-22(25)23(27)26-14-11-21-10-9-19(5)20(6)15-21/h9-10,15,17-18,22H,11-14,16H2,1-8H3,(H,26,27). The lowest BCUT2D eigenvalue weighted by molar-refractivity contribution is -0.141. The molecule has 1 aromatic rings. The monoisotopic (exact) mass is 371 g/mol. The van der Waals surface area contributed by atoms with Gasteiger partial charge in [0.1, 0.15) is 0 Å². The molecule has 0 aliphatic heterocycles. The number of hydrogen-bond acceptors (Lipinski definition) is 1. The van der Waals surface area contributed by atoms with Gasteiger partial charge < -0.3 is 5.32 Å². The summed E-state index contributed by atoms with van der Waals surface area (Å²) in [5.41, 5.74) is 4.32. The maximum atomic E-state index is 13.3. The minimum Gasteiger partial charge on any atom is -0.356 e. The van der Waals surface area contributed by atoms with Gasteiger partial charge in [0.25, 0.3) is 0 Å². The molecule has 1 aromatic carbocycles. The molecule has 1 atom stereocenters. The predicted molar refractivity (Wildman–Crippen MR) is 116 cm³/mol. The van der Waals surface area contributed by atoms with E-state index in [4.69, 9.17) is 0 Å². The van der Waals surface area contributed by atoms with Crippen LogP contribution in [-0.2, 0) is 11.2 Å². The van der Waals surface area contributed by atoms with Gasteiger partial charge in [0.2, 0.25) is 5.91 Å². The van der Waals surface area contributed by atoms with Gasteiger partial charge in [0, 0.05) is 12.5 Å². The highest BCUT2D eigenvalue weighted by molar-refractivity contribution is 5.80. The number of benzene rings is 1. The highest BCUT2D eigenvalue weighted by Crippen LogP contribution is 2.56. The van der Waals surface area contributed by atoms with Gasteiger partial charge in [-0.05, 0) is 78.9 Å². The summed E-state index contributed by atoms with van der Waals surface area (Å²) >= 11 is 0. The molecule has 0 spiro atoms. The summed E-state index contributed by atoms with van der Waals surface area (Å²) in [6.45, 7) is 18.9. The van der Waals surface area contributed by atoms with E-state index < -0.39 is 0 Å². The molecule has 2 rings (SSSR count). The van der Waals surface area contributed by atoms with E-state index in [-0.39, 0.29) is 22.7 Å². The van der Waals surface area contributed by atoms with E-state index in [1.165, 1.54) is 23.1 Å². The summed E-state index contributed by atoms with van der Waals surface area (Å²) in [6, 6.07) is 6.61. The van der Waals surface area contributed by atoms with Crippen molar-refractivity contribution in [2.75, 3.05) is 6.54 Å². The average Bonchev–Trinajstić information content (AvgIpc) is 2.56. The van der Waals surface area contributed by atoms with Crippen LogP contribution in [0.3, 0.4) is 0 Å². The lowest BCUT2D eigenvalue weighted by Crippen LogP contribution is -2.52. The molecular weight excluding hydrogens is 330 g/mol. The van der Waals surface area contributed by atoms with Crippen LogP contribution >= 0.6 is 0 Å². The van der Waals surface area contributed by atoms with Gasteiger partial charge in [-0.2, -0.15) is 0 Å². The van der Waals surface area contributed by atoms with E-state index in [1.807, 2.05) is 0 Å². The van der Waals surface area contributed by atoms with Crippen LogP contribution in [0.2, 0.25) is 0 Å². The Morgan fingerprint density at radius 1 is 1.07 bits per heavy atom. The Morgan fingerprint density at radius 2 is 1.70 bits per heavy atom. The third-order valence-corrected chi connectivity index (χ3v) is 7.39. The summed E-state index contributed by atoms with van der Waals surface area (Å²) in [6.07, 6.45) is 4.28. The maximum Gasteiger partial charge on any atom is 0.223 e. The first-order valence-electron chi connectivity index (χ1n) is 10.8. The largest absolute Gasteiger partial charge is 0.356 e. The van der Waals surface area contributed by atoms with Gasteiger partial charge in [-0.1, -0.05) is 59.7 Å². The number of rotatable bonds is 6. The highest BCUT2D eigenvalue weighted by atomic mass is 16.1. The first-order chi connectivity index (χ1) is 12.5. The quantitative estimate of drug-likeness (QED) is 0.644. The molecule has 1 fully saturated rings. The van der Waals surface area contributed by atoms with Crippen molar-refractivity contribution in [2.24, 2.45) is 28.6 Å². The Balaban J connectivity index is 2.11. The van der Waals surface area contributed by atoms with Crippen molar-refractivity contribution < 1.29 is 4.79 Å². The molecule has 1 aliphatic rings. The Hall–Kier alpha value is -1.31. The summed E-state index contributed by atoms with van der Waals surface area (Å²) in [7, 11) is 0. The molecule has 0 aromatic heterocycles. The van der Waals surface area contributed by atoms with E-state index in [1.54, 1.807) is 0 Å². The fourth-order valence-corrected chi connectivity index (χ4v) is 5.37. The third kappa shape index (κ3) is 4.76. The molecule has 2 nitrogen and oxygen atoms in total. The van der Waals surface area contributed by atoms with Crippen molar-refractivity contribution in [3.63, 3.8) is 0 Å². The number of aryl methyl sites for hydroxylation is 2. The average molecular weight is 372 g/mol. The molecule has 1 unspecified atom stereocenters. The van der Waals surface area contributed by atoms with E-state index in [2.05, 4.69) is 78.9 Å². The van der Waals surface area contributed by atoms with Gasteiger partial charge in [0.15, 0.2) is 0 Å². The maximum absolute atomic E-state index is 13.3.